The predicted octanol–water partition coefficient (Wildman–Crippen LogP) is 2.90. The van der Waals surface area contributed by atoms with Crippen molar-refractivity contribution < 1.29 is 13.5 Å². The van der Waals surface area contributed by atoms with Crippen LogP contribution in [0.3, 0.4) is 0 Å². The van der Waals surface area contributed by atoms with Crippen LogP contribution in [0, 0.1) is 17.6 Å². The standard InChI is InChI=1S/C13H19F2NO/c1-9(8-17-3)7-12(16-2)10-5-4-6-11(14)13(10)15/h4-6,9,12,16H,7-8H2,1-3H3. The van der Waals surface area contributed by atoms with Gasteiger partial charge in [-0.25, -0.2) is 8.78 Å². The Labute approximate surface area is 101 Å². The second-order valence-electron chi connectivity index (χ2n) is 4.28. The zero-order valence-corrected chi connectivity index (χ0v) is 10.5. The van der Waals surface area contributed by atoms with Crippen LogP contribution in [0.1, 0.15) is 24.9 Å². The Kier molecular flexibility index (Phi) is 5.51. The van der Waals surface area contributed by atoms with Gasteiger partial charge in [0.25, 0.3) is 0 Å². The van der Waals surface area contributed by atoms with Gasteiger partial charge in [-0.3, -0.25) is 0 Å². The molecule has 4 heteroatoms. The molecule has 1 aromatic carbocycles. The molecule has 0 aliphatic rings. The van der Waals surface area contributed by atoms with Gasteiger partial charge in [0, 0.05) is 25.3 Å². The maximum Gasteiger partial charge on any atom is 0.163 e. The van der Waals surface area contributed by atoms with Gasteiger partial charge in [-0.2, -0.15) is 0 Å². The van der Waals surface area contributed by atoms with Crippen molar-refractivity contribution in [2.24, 2.45) is 5.92 Å². The summed E-state index contributed by atoms with van der Waals surface area (Å²) in [5, 5.41) is 3.01. The normalized spacial score (nSPS) is 14.6. The SMILES string of the molecule is CNC(CC(C)COC)c1cccc(F)c1F. The predicted molar refractivity (Wildman–Crippen MR) is 63.8 cm³/mol. The van der Waals surface area contributed by atoms with Gasteiger partial charge in [0.1, 0.15) is 0 Å². The van der Waals surface area contributed by atoms with Crippen LogP contribution in [0.15, 0.2) is 18.2 Å². The highest BCUT2D eigenvalue weighted by molar-refractivity contribution is 5.22. The van der Waals surface area contributed by atoms with E-state index in [1.54, 1.807) is 20.2 Å². The van der Waals surface area contributed by atoms with Crippen LogP contribution in [0.5, 0.6) is 0 Å². The van der Waals surface area contributed by atoms with Gasteiger partial charge in [0.05, 0.1) is 0 Å². The van der Waals surface area contributed by atoms with Gasteiger partial charge in [-0.1, -0.05) is 19.1 Å². The molecule has 17 heavy (non-hydrogen) atoms. The maximum absolute atomic E-state index is 13.6. The molecule has 0 aliphatic carbocycles. The fourth-order valence-electron chi connectivity index (χ4n) is 1.94. The van der Waals surface area contributed by atoms with Gasteiger partial charge in [-0.15, -0.1) is 0 Å². The van der Waals surface area contributed by atoms with Crippen LogP contribution in [0.2, 0.25) is 0 Å². The Morgan fingerprint density at radius 1 is 1.35 bits per heavy atom. The Morgan fingerprint density at radius 2 is 2.06 bits per heavy atom. The average Bonchev–Trinajstić information content (AvgIpc) is 2.30. The van der Waals surface area contributed by atoms with Crippen molar-refractivity contribution in [3.05, 3.63) is 35.4 Å². The first-order valence-electron chi connectivity index (χ1n) is 5.70. The largest absolute Gasteiger partial charge is 0.384 e. The smallest absolute Gasteiger partial charge is 0.163 e. The van der Waals surface area contributed by atoms with Crippen molar-refractivity contribution in [2.45, 2.75) is 19.4 Å². The fourth-order valence-corrected chi connectivity index (χ4v) is 1.94. The summed E-state index contributed by atoms with van der Waals surface area (Å²) in [5.74, 6) is -1.29. The summed E-state index contributed by atoms with van der Waals surface area (Å²) < 4.78 is 31.8. The third kappa shape index (κ3) is 3.75. The molecule has 1 rings (SSSR count). The molecular formula is C13H19F2NO. The van der Waals surface area contributed by atoms with E-state index in [0.29, 0.717) is 18.6 Å². The summed E-state index contributed by atoms with van der Waals surface area (Å²) in [7, 11) is 3.38. The lowest BCUT2D eigenvalue weighted by atomic mass is 9.96. The second-order valence-corrected chi connectivity index (χ2v) is 4.28. The van der Waals surface area contributed by atoms with Crippen LogP contribution < -0.4 is 5.32 Å². The van der Waals surface area contributed by atoms with Gasteiger partial charge >= 0.3 is 0 Å². The lowest BCUT2D eigenvalue weighted by molar-refractivity contribution is 0.149. The highest BCUT2D eigenvalue weighted by atomic mass is 19.2. The van der Waals surface area contributed by atoms with Crippen LogP contribution >= 0.6 is 0 Å². The minimum absolute atomic E-state index is 0.198. The highest BCUT2D eigenvalue weighted by Gasteiger charge is 2.18. The summed E-state index contributed by atoms with van der Waals surface area (Å²) in [4.78, 5) is 0. The van der Waals surface area contributed by atoms with E-state index in [1.165, 1.54) is 6.07 Å². The van der Waals surface area contributed by atoms with Crippen molar-refractivity contribution >= 4 is 0 Å². The van der Waals surface area contributed by atoms with Crippen LogP contribution in [-0.4, -0.2) is 20.8 Å². The van der Waals surface area contributed by atoms with Gasteiger partial charge in [0.15, 0.2) is 11.6 Å². The molecule has 96 valence electrons. The molecule has 1 aromatic rings. The van der Waals surface area contributed by atoms with Crippen LogP contribution in [0.25, 0.3) is 0 Å². The molecule has 0 radical (unpaired) electrons. The molecule has 0 bridgehead atoms. The summed E-state index contributed by atoms with van der Waals surface area (Å²) in [5.41, 5.74) is 0.371. The molecule has 2 atom stereocenters. The molecule has 0 heterocycles. The molecule has 0 saturated carbocycles. The lowest BCUT2D eigenvalue weighted by Gasteiger charge is -2.21. The molecule has 0 aliphatic heterocycles. The van der Waals surface area contributed by atoms with E-state index in [0.717, 1.165) is 6.07 Å². The minimum atomic E-state index is -0.804. The molecule has 1 N–H and O–H groups in total. The Bertz CT molecular complexity index is 357. The van der Waals surface area contributed by atoms with E-state index in [9.17, 15) is 8.78 Å². The second kappa shape index (κ2) is 6.67. The van der Waals surface area contributed by atoms with Crippen molar-refractivity contribution in [1.82, 2.24) is 5.32 Å². The van der Waals surface area contributed by atoms with Crippen LogP contribution in [0.4, 0.5) is 8.78 Å². The van der Waals surface area contributed by atoms with E-state index in [1.807, 2.05) is 6.92 Å². The molecule has 0 fully saturated rings. The third-order valence-electron chi connectivity index (χ3n) is 2.79. The first kappa shape index (κ1) is 14.1. The Morgan fingerprint density at radius 3 is 2.65 bits per heavy atom. The van der Waals surface area contributed by atoms with Gasteiger partial charge in [0.2, 0.25) is 0 Å². The van der Waals surface area contributed by atoms with Gasteiger partial charge < -0.3 is 10.1 Å². The Balaban J connectivity index is 2.82. The minimum Gasteiger partial charge on any atom is -0.384 e. The highest BCUT2D eigenvalue weighted by Crippen LogP contribution is 2.24. The zero-order chi connectivity index (χ0) is 12.8. The summed E-state index contributed by atoms with van der Waals surface area (Å²) in [6.45, 7) is 2.63. The van der Waals surface area contributed by atoms with E-state index >= 15 is 0 Å². The molecule has 0 aromatic heterocycles. The number of methoxy groups -OCH3 is 1. The number of halogens is 2. The molecule has 2 nitrogen and oxygen atoms in total. The molecule has 0 spiro atoms. The summed E-state index contributed by atoms with van der Waals surface area (Å²) in [6, 6.07) is 4.07. The first-order valence-corrected chi connectivity index (χ1v) is 5.70. The van der Waals surface area contributed by atoms with Crippen molar-refractivity contribution in [1.29, 1.82) is 0 Å². The molecule has 0 amide bonds. The van der Waals surface area contributed by atoms with Crippen molar-refractivity contribution in [3.8, 4) is 0 Å². The summed E-state index contributed by atoms with van der Waals surface area (Å²) >= 11 is 0. The van der Waals surface area contributed by atoms with Crippen molar-refractivity contribution in [2.75, 3.05) is 20.8 Å². The molecular weight excluding hydrogens is 224 g/mol. The van der Waals surface area contributed by atoms with E-state index in [4.69, 9.17) is 4.74 Å². The average molecular weight is 243 g/mol. The van der Waals surface area contributed by atoms with E-state index < -0.39 is 11.6 Å². The van der Waals surface area contributed by atoms with Crippen LogP contribution in [-0.2, 0) is 4.74 Å². The van der Waals surface area contributed by atoms with E-state index in [-0.39, 0.29) is 12.0 Å². The van der Waals surface area contributed by atoms with E-state index in [2.05, 4.69) is 5.32 Å². The number of benzene rings is 1. The third-order valence-corrected chi connectivity index (χ3v) is 2.79. The number of nitrogens with one attached hydrogen (secondary N) is 1. The summed E-state index contributed by atoms with van der Waals surface area (Å²) in [6.07, 6.45) is 0.699. The quantitative estimate of drug-likeness (QED) is 0.829. The fraction of sp³-hybridized carbons (Fsp3) is 0.538. The Hall–Kier alpha value is -1.00. The first-order chi connectivity index (χ1) is 8.10. The molecule has 0 saturated heterocycles. The monoisotopic (exact) mass is 243 g/mol. The zero-order valence-electron chi connectivity index (χ0n) is 10.5. The number of hydrogen-bond donors (Lipinski definition) is 1. The number of ether oxygens (including phenoxy) is 1. The number of rotatable bonds is 6. The maximum atomic E-state index is 13.6. The molecule has 2 unspecified atom stereocenters. The topological polar surface area (TPSA) is 21.3 Å². The number of hydrogen-bond acceptors (Lipinski definition) is 2. The lowest BCUT2D eigenvalue weighted by Crippen LogP contribution is -2.22. The van der Waals surface area contributed by atoms with Gasteiger partial charge in [-0.05, 0) is 25.5 Å². The van der Waals surface area contributed by atoms with Crippen molar-refractivity contribution in [3.63, 3.8) is 0 Å².